The zero-order chi connectivity index (χ0) is 18.4. The average Bonchev–Trinajstić information content (AvgIpc) is 2.49. The summed E-state index contributed by atoms with van der Waals surface area (Å²) in [7, 11) is 0. The number of carbonyl (C=O) groups is 1. The lowest BCUT2D eigenvalue weighted by Gasteiger charge is -1.93. The summed E-state index contributed by atoms with van der Waals surface area (Å²) >= 11 is 8.52. The van der Waals surface area contributed by atoms with E-state index in [0.717, 1.165) is 19.3 Å². The maximum Gasteiger partial charge on any atom is 0.300 e. The minimum atomic E-state index is -0.833. The minimum absolute atomic E-state index is 0.302. The Labute approximate surface area is 155 Å². The van der Waals surface area contributed by atoms with Crippen molar-refractivity contribution in [2.24, 2.45) is 0 Å². The van der Waals surface area contributed by atoms with Crippen molar-refractivity contribution in [1.29, 1.82) is 0 Å². The Morgan fingerprint density at radius 1 is 1.13 bits per heavy atom. The molecule has 0 atom stereocenters. The maximum atomic E-state index is 12.2. The smallest absolute Gasteiger partial charge is 0.300 e. The van der Waals surface area contributed by atoms with Crippen LogP contribution in [-0.2, 0) is 4.79 Å². The van der Waals surface area contributed by atoms with E-state index >= 15 is 0 Å². The SMILES string of the molecule is BrBr.CC(=O)O.Nc1ccc(F)cn1.Nc1ncc(F)cc1Br. The number of carboxylic acid groups (broad SMARTS) is 1. The molecule has 11 heteroatoms. The van der Waals surface area contributed by atoms with Crippen LogP contribution in [0.2, 0.25) is 0 Å². The number of hydrogen-bond donors (Lipinski definition) is 3. The number of pyridine rings is 2. The normalized spacial score (nSPS) is 8.26. The van der Waals surface area contributed by atoms with Gasteiger partial charge in [-0.15, -0.1) is 0 Å². The average molecular weight is 523 g/mol. The van der Waals surface area contributed by atoms with E-state index in [-0.39, 0.29) is 5.82 Å². The van der Waals surface area contributed by atoms with Crippen molar-refractivity contribution in [2.75, 3.05) is 11.5 Å². The summed E-state index contributed by atoms with van der Waals surface area (Å²) in [6.07, 6.45) is 2.15. The molecule has 2 rings (SSSR count). The number of halogens is 5. The number of nitrogen functional groups attached to an aromatic ring is 2. The highest BCUT2D eigenvalue weighted by Crippen LogP contribution is 2.16. The first kappa shape index (κ1) is 23.9. The molecule has 0 radical (unpaired) electrons. The number of carboxylic acids is 1. The summed E-state index contributed by atoms with van der Waals surface area (Å²) in [4.78, 5) is 16.0. The van der Waals surface area contributed by atoms with Gasteiger partial charge >= 0.3 is 0 Å². The molecule has 0 amide bonds. The van der Waals surface area contributed by atoms with Crippen molar-refractivity contribution in [3.8, 4) is 0 Å². The quantitative estimate of drug-likeness (QED) is 0.479. The molecule has 2 aromatic rings. The first-order chi connectivity index (χ1) is 10.7. The fraction of sp³-hybridized carbons (Fsp3) is 0.0833. The molecule has 2 heterocycles. The molecular weight excluding hydrogens is 510 g/mol. The minimum Gasteiger partial charge on any atom is -0.481 e. The van der Waals surface area contributed by atoms with E-state index in [0.29, 0.717) is 16.1 Å². The number of anilines is 2. The summed E-state index contributed by atoms with van der Waals surface area (Å²) < 4.78 is 24.7. The van der Waals surface area contributed by atoms with Crippen LogP contribution in [0.1, 0.15) is 6.92 Å². The predicted octanol–water partition coefficient (Wildman–Crippen LogP) is 4.15. The number of nitrogens with zero attached hydrogens (tertiary/aromatic N) is 2. The fourth-order valence-corrected chi connectivity index (χ4v) is 1.13. The van der Waals surface area contributed by atoms with Crippen LogP contribution in [-0.4, -0.2) is 21.0 Å². The predicted molar refractivity (Wildman–Crippen MR) is 96.1 cm³/mol. The van der Waals surface area contributed by atoms with E-state index in [1.807, 2.05) is 0 Å². The summed E-state index contributed by atoms with van der Waals surface area (Å²) in [5.74, 6) is -0.946. The Morgan fingerprint density at radius 3 is 1.91 bits per heavy atom. The molecule has 0 spiro atoms. The molecule has 0 aliphatic carbocycles. The fourth-order valence-electron chi connectivity index (χ4n) is 0.812. The van der Waals surface area contributed by atoms with E-state index in [1.165, 1.54) is 18.2 Å². The van der Waals surface area contributed by atoms with Gasteiger partial charge in [-0.25, -0.2) is 18.7 Å². The van der Waals surface area contributed by atoms with E-state index < -0.39 is 11.8 Å². The van der Waals surface area contributed by atoms with Crippen LogP contribution in [0.5, 0.6) is 0 Å². The van der Waals surface area contributed by atoms with E-state index in [4.69, 9.17) is 21.4 Å². The summed E-state index contributed by atoms with van der Waals surface area (Å²) in [6.45, 7) is 1.08. The molecule has 0 saturated carbocycles. The van der Waals surface area contributed by atoms with Crippen LogP contribution in [0.25, 0.3) is 0 Å². The highest BCUT2D eigenvalue weighted by molar-refractivity contribution is 9.93. The van der Waals surface area contributed by atoms with Gasteiger partial charge in [-0.2, -0.15) is 0 Å². The van der Waals surface area contributed by atoms with E-state index in [1.54, 1.807) is 0 Å². The van der Waals surface area contributed by atoms with Crippen molar-refractivity contribution >= 4 is 61.8 Å². The Hall–Kier alpha value is -1.33. The molecular formula is C12H13Br3F2N4O2. The standard InChI is InChI=1S/C5H4BrFN2.C5H5FN2.C2H4O2.Br2/c6-4-1-3(7)2-9-5(4)8;6-4-1-2-5(7)8-3-4;1-2(3)4;1-2/h1-2H,(H2,8,9);1-3H,(H2,7,8);1H3,(H,3,4);. The Bertz CT molecular complexity index is 564. The van der Waals surface area contributed by atoms with Crippen molar-refractivity contribution in [1.82, 2.24) is 9.97 Å². The highest BCUT2D eigenvalue weighted by Gasteiger charge is 1.96. The largest absolute Gasteiger partial charge is 0.481 e. The summed E-state index contributed by atoms with van der Waals surface area (Å²) in [5, 5.41) is 7.42. The number of aromatic nitrogens is 2. The second kappa shape index (κ2) is 14.3. The van der Waals surface area contributed by atoms with Gasteiger partial charge in [0.1, 0.15) is 23.3 Å². The van der Waals surface area contributed by atoms with Gasteiger partial charge in [0.15, 0.2) is 0 Å². The third-order valence-electron chi connectivity index (χ3n) is 1.59. The Morgan fingerprint density at radius 2 is 1.61 bits per heavy atom. The second-order valence-corrected chi connectivity index (χ2v) is 4.30. The van der Waals surface area contributed by atoms with Gasteiger partial charge in [0.05, 0.1) is 16.9 Å². The first-order valence-corrected chi connectivity index (χ1v) is 10.0. The van der Waals surface area contributed by atoms with Gasteiger partial charge in [-0.1, -0.05) is 0 Å². The Kier molecular flexibility index (Phi) is 14.9. The molecule has 6 nitrogen and oxygen atoms in total. The molecule has 128 valence electrons. The van der Waals surface area contributed by atoms with Gasteiger partial charge in [0.25, 0.3) is 5.97 Å². The second-order valence-electron chi connectivity index (χ2n) is 3.44. The Balaban J connectivity index is 0. The van der Waals surface area contributed by atoms with E-state index in [9.17, 15) is 8.78 Å². The molecule has 5 N–H and O–H groups in total. The van der Waals surface area contributed by atoms with Crippen LogP contribution < -0.4 is 11.5 Å². The molecule has 2 aromatic heterocycles. The molecule has 0 unspecified atom stereocenters. The van der Waals surface area contributed by atoms with Crippen LogP contribution in [0.4, 0.5) is 20.4 Å². The van der Waals surface area contributed by atoms with Gasteiger partial charge in [0, 0.05) is 35.2 Å². The van der Waals surface area contributed by atoms with Crippen LogP contribution >= 0.6 is 44.2 Å². The zero-order valence-electron chi connectivity index (χ0n) is 11.7. The lowest BCUT2D eigenvalue weighted by molar-refractivity contribution is -0.134. The van der Waals surface area contributed by atoms with Crippen molar-refractivity contribution in [3.63, 3.8) is 0 Å². The third-order valence-corrected chi connectivity index (χ3v) is 2.22. The lowest BCUT2D eigenvalue weighted by Crippen LogP contribution is -1.91. The molecule has 0 aromatic carbocycles. The number of hydrogen-bond acceptors (Lipinski definition) is 5. The molecule has 0 bridgehead atoms. The molecule has 0 saturated heterocycles. The number of aliphatic carboxylic acids is 1. The first-order valence-electron chi connectivity index (χ1n) is 5.49. The topological polar surface area (TPSA) is 115 Å². The van der Waals surface area contributed by atoms with Crippen LogP contribution in [0.3, 0.4) is 0 Å². The monoisotopic (exact) mass is 520 g/mol. The van der Waals surface area contributed by atoms with Crippen molar-refractivity contribution in [2.45, 2.75) is 6.92 Å². The van der Waals surface area contributed by atoms with Gasteiger partial charge in [-0.3, -0.25) is 4.79 Å². The van der Waals surface area contributed by atoms with Gasteiger partial charge < -0.3 is 16.6 Å². The molecule has 0 aliphatic heterocycles. The number of rotatable bonds is 0. The molecule has 0 fully saturated rings. The lowest BCUT2D eigenvalue weighted by atomic mass is 10.4. The van der Waals surface area contributed by atoms with Crippen molar-refractivity contribution < 1.29 is 18.7 Å². The van der Waals surface area contributed by atoms with E-state index in [2.05, 4.69) is 54.2 Å². The van der Waals surface area contributed by atoms with Crippen LogP contribution in [0.15, 0.2) is 35.1 Å². The van der Waals surface area contributed by atoms with Crippen LogP contribution in [0, 0.1) is 11.6 Å². The highest BCUT2D eigenvalue weighted by atomic mass is 80.9. The zero-order valence-corrected chi connectivity index (χ0v) is 16.4. The summed E-state index contributed by atoms with van der Waals surface area (Å²) in [5.41, 5.74) is 10.4. The maximum absolute atomic E-state index is 12.2. The van der Waals surface area contributed by atoms with Gasteiger partial charge in [0.2, 0.25) is 0 Å². The van der Waals surface area contributed by atoms with Gasteiger partial charge in [-0.05, 0) is 34.1 Å². The number of nitrogens with two attached hydrogens (primary N) is 2. The molecule has 0 aliphatic rings. The molecule has 23 heavy (non-hydrogen) atoms. The summed E-state index contributed by atoms with van der Waals surface area (Å²) in [6, 6.07) is 3.94. The van der Waals surface area contributed by atoms with Crippen molar-refractivity contribution in [3.05, 3.63) is 46.7 Å². The third kappa shape index (κ3) is 15.3.